The van der Waals surface area contributed by atoms with Crippen molar-refractivity contribution in [1.82, 2.24) is 0 Å². The van der Waals surface area contributed by atoms with Gasteiger partial charge in [-0.05, 0) is 28.9 Å². The molecule has 68 valence electrons. The molecule has 0 saturated carbocycles. The van der Waals surface area contributed by atoms with Crippen LogP contribution in [0.4, 0.5) is 0 Å². The molecule has 0 aromatic rings. The predicted molar refractivity (Wildman–Crippen MR) is 56.7 cm³/mol. The van der Waals surface area contributed by atoms with Crippen molar-refractivity contribution in [2.75, 3.05) is 0 Å². The highest BCUT2D eigenvalue weighted by Gasteiger charge is 2.25. The van der Waals surface area contributed by atoms with Gasteiger partial charge in [0.15, 0.2) is 0 Å². The molecule has 14 heavy (non-hydrogen) atoms. The number of aliphatic hydroxyl groups is 1. The fraction of sp³-hybridized carbons (Fsp3) is 0.0769. The summed E-state index contributed by atoms with van der Waals surface area (Å²) in [7, 11) is 0. The van der Waals surface area contributed by atoms with E-state index in [1.807, 2.05) is 24.3 Å². The van der Waals surface area contributed by atoms with E-state index in [0.717, 1.165) is 0 Å². The van der Waals surface area contributed by atoms with Crippen LogP contribution in [0.3, 0.4) is 0 Å². The molecule has 1 N–H and O–H groups in total. The van der Waals surface area contributed by atoms with Crippen molar-refractivity contribution in [2.45, 2.75) is 0 Å². The topological polar surface area (TPSA) is 20.2 Å². The fourth-order valence-electron chi connectivity index (χ4n) is 2.20. The first-order chi connectivity index (χ1) is 6.84. The van der Waals surface area contributed by atoms with Gasteiger partial charge in [0.2, 0.25) is 0 Å². The highest BCUT2D eigenvalue weighted by atomic mass is 16.3. The van der Waals surface area contributed by atoms with Crippen LogP contribution in [0.1, 0.15) is 0 Å². The third-order valence-corrected chi connectivity index (χ3v) is 2.78. The standard InChI is InChI=1S/C13H10O/c14-12-7-10-5-1-3-9-4-2-6-11(8-12)13(9)10/h1-8,13-14H. The number of allylic oxidation sites excluding steroid dienone is 11. The molecule has 1 nitrogen and oxygen atoms in total. The molecule has 3 aliphatic carbocycles. The lowest BCUT2D eigenvalue weighted by Crippen LogP contribution is -2.15. The second-order valence-electron chi connectivity index (χ2n) is 3.70. The van der Waals surface area contributed by atoms with Crippen LogP contribution in [0, 0.1) is 5.92 Å². The first-order valence-electron chi connectivity index (χ1n) is 4.73. The number of hydrogen-bond acceptors (Lipinski definition) is 1. The first kappa shape index (κ1) is 7.63. The van der Waals surface area contributed by atoms with Gasteiger partial charge in [0, 0.05) is 5.92 Å². The number of aliphatic hydroxyl groups excluding tert-OH is 1. The molecule has 0 aromatic heterocycles. The van der Waals surface area contributed by atoms with Crippen LogP contribution in [0.2, 0.25) is 0 Å². The van der Waals surface area contributed by atoms with Gasteiger partial charge in [-0.15, -0.1) is 0 Å². The van der Waals surface area contributed by atoms with Gasteiger partial charge >= 0.3 is 0 Å². The van der Waals surface area contributed by atoms with E-state index in [2.05, 4.69) is 24.3 Å². The van der Waals surface area contributed by atoms with Crippen molar-refractivity contribution in [3.63, 3.8) is 0 Å². The Bertz CT molecular complexity index is 465. The fourth-order valence-corrected chi connectivity index (χ4v) is 2.20. The van der Waals surface area contributed by atoms with Gasteiger partial charge in [-0.3, -0.25) is 0 Å². The van der Waals surface area contributed by atoms with E-state index in [4.69, 9.17) is 0 Å². The highest BCUT2D eigenvalue weighted by Crippen LogP contribution is 2.39. The van der Waals surface area contributed by atoms with Crippen LogP contribution in [0.25, 0.3) is 0 Å². The van der Waals surface area contributed by atoms with Gasteiger partial charge in [0.05, 0.1) is 0 Å². The van der Waals surface area contributed by atoms with Crippen molar-refractivity contribution in [3.8, 4) is 0 Å². The number of hydrogen-bond donors (Lipinski definition) is 1. The van der Waals surface area contributed by atoms with E-state index in [1.165, 1.54) is 16.7 Å². The van der Waals surface area contributed by atoms with Crippen molar-refractivity contribution < 1.29 is 5.11 Å². The first-order valence-corrected chi connectivity index (χ1v) is 4.73. The quantitative estimate of drug-likeness (QED) is 0.610. The van der Waals surface area contributed by atoms with Crippen LogP contribution in [-0.4, -0.2) is 5.11 Å². The van der Waals surface area contributed by atoms with Crippen molar-refractivity contribution in [3.05, 3.63) is 71.1 Å². The van der Waals surface area contributed by atoms with E-state index < -0.39 is 0 Å². The zero-order valence-corrected chi connectivity index (χ0v) is 7.64. The lowest BCUT2D eigenvalue weighted by molar-refractivity contribution is 0.427. The molecule has 0 aromatic carbocycles. The molecule has 0 fully saturated rings. The van der Waals surface area contributed by atoms with Crippen LogP contribution in [-0.2, 0) is 0 Å². The zero-order valence-electron chi connectivity index (χ0n) is 7.64. The van der Waals surface area contributed by atoms with Crippen LogP contribution < -0.4 is 0 Å². The summed E-state index contributed by atoms with van der Waals surface area (Å²) in [5, 5.41) is 9.53. The van der Waals surface area contributed by atoms with Crippen molar-refractivity contribution >= 4 is 0 Å². The van der Waals surface area contributed by atoms with Crippen LogP contribution >= 0.6 is 0 Å². The third-order valence-electron chi connectivity index (χ3n) is 2.78. The Morgan fingerprint density at radius 1 is 0.857 bits per heavy atom. The predicted octanol–water partition coefficient (Wildman–Crippen LogP) is 2.98. The van der Waals surface area contributed by atoms with Gasteiger partial charge in [-0.1, -0.05) is 36.5 Å². The Labute approximate surface area is 82.8 Å². The van der Waals surface area contributed by atoms with Gasteiger partial charge < -0.3 is 5.11 Å². The Morgan fingerprint density at radius 3 is 2.43 bits per heavy atom. The lowest BCUT2D eigenvalue weighted by Gasteiger charge is -2.28. The number of rotatable bonds is 0. The molecule has 0 spiro atoms. The maximum atomic E-state index is 9.53. The molecule has 0 radical (unpaired) electrons. The average Bonchev–Trinajstić information content (AvgIpc) is 2.18. The molecule has 0 saturated heterocycles. The van der Waals surface area contributed by atoms with E-state index >= 15 is 0 Å². The highest BCUT2D eigenvalue weighted by molar-refractivity contribution is 5.58. The van der Waals surface area contributed by atoms with Gasteiger partial charge in [0.1, 0.15) is 5.76 Å². The van der Waals surface area contributed by atoms with Gasteiger partial charge in [-0.2, -0.15) is 0 Å². The Morgan fingerprint density at radius 2 is 1.57 bits per heavy atom. The van der Waals surface area contributed by atoms with Gasteiger partial charge in [-0.25, -0.2) is 0 Å². The molecule has 1 atom stereocenters. The largest absolute Gasteiger partial charge is 0.508 e. The Balaban J connectivity index is 2.23. The molecule has 0 amide bonds. The van der Waals surface area contributed by atoms with Gasteiger partial charge in [0.25, 0.3) is 0 Å². The summed E-state index contributed by atoms with van der Waals surface area (Å²) >= 11 is 0. The van der Waals surface area contributed by atoms with Crippen LogP contribution in [0.5, 0.6) is 0 Å². The summed E-state index contributed by atoms with van der Waals surface area (Å²) < 4.78 is 0. The minimum atomic E-state index is 0.348. The maximum absolute atomic E-state index is 9.53. The smallest absolute Gasteiger partial charge is 0.116 e. The van der Waals surface area contributed by atoms with E-state index in [0.29, 0.717) is 11.7 Å². The molecule has 0 bridgehead atoms. The summed E-state index contributed by atoms with van der Waals surface area (Å²) in [5.41, 5.74) is 3.66. The minimum absolute atomic E-state index is 0.348. The van der Waals surface area contributed by atoms with Crippen molar-refractivity contribution in [2.24, 2.45) is 5.92 Å². The second-order valence-corrected chi connectivity index (χ2v) is 3.70. The normalized spacial score (nSPS) is 27.3. The summed E-state index contributed by atoms with van der Waals surface area (Å²) in [5.74, 6) is 0.699. The SMILES string of the molecule is OC1=CC2=CC=CC3=CC=CC(=C1)C32. The summed E-state index contributed by atoms with van der Waals surface area (Å²) in [4.78, 5) is 0. The lowest BCUT2D eigenvalue weighted by atomic mass is 9.76. The van der Waals surface area contributed by atoms with Crippen molar-refractivity contribution in [1.29, 1.82) is 0 Å². The molecule has 0 aliphatic heterocycles. The second kappa shape index (κ2) is 2.61. The van der Waals surface area contributed by atoms with E-state index in [9.17, 15) is 5.11 Å². The molecule has 1 unspecified atom stereocenters. The molecular weight excluding hydrogens is 172 g/mol. The van der Waals surface area contributed by atoms with Crippen LogP contribution in [0.15, 0.2) is 71.1 Å². The summed E-state index contributed by atoms with van der Waals surface area (Å²) in [6.45, 7) is 0. The Hall–Kier alpha value is -1.76. The molecular formula is C13H10O. The average molecular weight is 182 g/mol. The molecule has 0 heterocycles. The molecule has 3 aliphatic rings. The summed E-state index contributed by atoms with van der Waals surface area (Å²) in [6, 6.07) is 0. The molecule has 1 heteroatoms. The monoisotopic (exact) mass is 182 g/mol. The maximum Gasteiger partial charge on any atom is 0.116 e. The minimum Gasteiger partial charge on any atom is -0.508 e. The van der Waals surface area contributed by atoms with E-state index in [1.54, 1.807) is 0 Å². The molecule has 3 rings (SSSR count). The third kappa shape index (κ3) is 0.956. The Kier molecular flexibility index (Phi) is 1.42. The zero-order chi connectivity index (χ0) is 9.54. The summed E-state index contributed by atoms with van der Waals surface area (Å²) in [6.07, 6.45) is 16.1. The van der Waals surface area contributed by atoms with E-state index in [-0.39, 0.29) is 0 Å².